The number of carbonyl (C=O) groups is 1. The molecule has 6 nitrogen and oxygen atoms in total. The molecule has 0 saturated carbocycles. The van der Waals surface area contributed by atoms with Gasteiger partial charge in [-0.3, -0.25) is 9.69 Å². The number of nitrogens with one attached hydrogen (secondary N) is 2. The Morgan fingerprint density at radius 3 is 2.77 bits per heavy atom. The van der Waals surface area contributed by atoms with E-state index in [4.69, 9.17) is 16.3 Å². The first-order valence-corrected chi connectivity index (χ1v) is 10.5. The third kappa shape index (κ3) is 3.94. The number of halogens is 1. The fourth-order valence-corrected chi connectivity index (χ4v) is 4.14. The van der Waals surface area contributed by atoms with Crippen LogP contribution in [0.2, 0.25) is 5.02 Å². The van der Waals surface area contributed by atoms with Gasteiger partial charge in [0.05, 0.1) is 13.2 Å². The van der Waals surface area contributed by atoms with Crippen LogP contribution in [0.15, 0.2) is 54.7 Å². The fraction of sp³-hybridized carbons (Fsp3) is 0.261. The lowest BCUT2D eigenvalue weighted by Crippen LogP contribution is -2.38. The van der Waals surface area contributed by atoms with E-state index in [2.05, 4.69) is 38.1 Å². The summed E-state index contributed by atoms with van der Waals surface area (Å²) in [5, 5.41) is 5.69. The Morgan fingerprint density at radius 1 is 1.03 bits per heavy atom. The number of morpholine rings is 1. The second-order valence-corrected chi connectivity index (χ2v) is 8.04. The summed E-state index contributed by atoms with van der Waals surface area (Å²) in [6.07, 6.45) is 2.11. The van der Waals surface area contributed by atoms with Crippen molar-refractivity contribution in [2.24, 2.45) is 0 Å². The number of carbonyl (C=O) groups excluding carboxylic acids is 1. The number of ether oxygens (including phenoxy) is 1. The summed E-state index contributed by atoms with van der Waals surface area (Å²) in [7, 11) is 0. The number of aromatic amines is 1. The molecular weight excluding hydrogens is 400 g/mol. The predicted molar refractivity (Wildman–Crippen MR) is 120 cm³/mol. The first kappa shape index (κ1) is 19.2. The molecule has 0 radical (unpaired) electrons. The Kier molecular flexibility index (Phi) is 5.21. The second kappa shape index (κ2) is 8.14. The lowest BCUT2D eigenvalue weighted by atomic mass is 10.2. The molecule has 1 amide bonds. The lowest BCUT2D eigenvalue weighted by Gasteiger charge is -2.26. The van der Waals surface area contributed by atoms with E-state index in [0.29, 0.717) is 10.7 Å². The fourth-order valence-electron chi connectivity index (χ4n) is 3.97. The van der Waals surface area contributed by atoms with Crippen molar-refractivity contribution in [1.29, 1.82) is 0 Å². The number of aromatic nitrogens is 2. The van der Waals surface area contributed by atoms with E-state index in [1.807, 2.05) is 36.4 Å². The zero-order chi connectivity index (χ0) is 20.5. The zero-order valence-electron chi connectivity index (χ0n) is 16.5. The normalized spacial score (nSPS) is 15.1. The molecule has 0 atom stereocenters. The van der Waals surface area contributed by atoms with Gasteiger partial charge in [-0.05, 0) is 42.5 Å². The highest BCUT2D eigenvalue weighted by Gasteiger charge is 2.13. The van der Waals surface area contributed by atoms with Crippen LogP contribution in [-0.4, -0.2) is 53.2 Å². The summed E-state index contributed by atoms with van der Waals surface area (Å²) in [6.45, 7) is 5.57. The Bertz CT molecular complexity index is 1210. The molecule has 5 rings (SSSR count). The minimum absolute atomic E-state index is 0.173. The van der Waals surface area contributed by atoms with Gasteiger partial charge in [0.2, 0.25) is 0 Å². The zero-order valence-corrected chi connectivity index (χ0v) is 17.3. The molecule has 154 valence electrons. The number of benzene rings is 2. The van der Waals surface area contributed by atoms with E-state index in [1.165, 1.54) is 5.52 Å². The van der Waals surface area contributed by atoms with E-state index < -0.39 is 0 Å². The largest absolute Gasteiger partial charge is 0.379 e. The molecule has 1 fully saturated rings. The van der Waals surface area contributed by atoms with Crippen molar-refractivity contribution < 1.29 is 9.53 Å². The van der Waals surface area contributed by atoms with Crippen LogP contribution < -0.4 is 5.32 Å². The van der Waals surface area contributed by atoms with E-state index in [0.717, 1.165) is 61.4 Å². The van der Waals surface area contributed by atoms with E-state index >= 15 is 0 Å². The Hall–Kier alpha value is -2.80. The first-order valence-electron chi connectivity index (χ1n) is 10.1. The van der Waals surface area contributed by atoms with Crippen molar-refractivity contribution in [2.45, 2.75) is 6.54 Å². The maximum atomic E-state index is 12.7. The summed E-state index contributed by atoms with van der Waals surface area (Å²) in [4.78, 5) is 18.3. The van der Waals surface area contributed by atoms with Gasteiger partial charge in [0.1, 0.15) is 5.69 Å². The van der Waals surface area contributed by atoms with Gasteiger partial charge >= 0.3 is 0 Å². The number of H-pyrrole nitrogens is 1. The van der Waals surface area contributed by atoms with Crippen LogP contribution in [0.4, 0.5) is 5.69 Å². The first-order chi connectivity index (χ1) is 14.7. The summed E-state index contributed by atoms with van der Waals surface area (Å²) in [5.41, 5.74) is 3.30. The number of hydrogen-bond acceptors (Lipinski definition) is 3. The smallest absolute Gasteiger partial charge is 0.272 e. The van der Waals surface area contributed by atoms with Gasteiger partial charge in [-0.1, -0.05) is 17.7 Å². The molecule has 7 heteroatoms. The van der Waals surface area contributed by atoms with Gasteiger partial charge in [0, 0.05) is 64.9 Å². The molecule has 30 heavy (non-hydrogen) atoms. The van der Waals surface area contributed by atoms with Crippen molar-refractivity contribution in [1.82, 2.24) is 14.5 Å². The van der Waals surface area contributed by atoms with Crippen LogP contribution in [0, 0.1) is 0 Å². The molecule has 1 saturated heterocycles. The molecule has 2 aromatic carbocycles. The van der Waals surface area contributed by atoms with Gasteiger partial charge in [0.25, 0.3) is 5.91 Å². The summed E-state index contributed by atoms with van der Waals surface area (Å²) in [6, 6.07) is 15.5. The highest BCUT2D eigenvalue weighted by molar-refractivity contribution is 6.31. The number of anilines is 1. The molecule has 1 aliphatic heterocycles. The Balaban J connectivity index is 1.29. The standard InChI is InChI=1S/C23H23ClN4O2/c24-18-2-1-16-14-21(26-20(16)15-18)23(29)25-19-3-4-22-17(13-19)5-6-28(22)8-7-27-9-11-30-12-10-27/h1-6,13-15,26H,7-12H2,(H,25,29). The second-order valence-electron chi connectivity index (χ2n) is 7.61. The molecule has 2 aromatic heterocycles. The maximum Gasteiger partial charge on any atom is 0.272 e. The summed E-state index contributed by atoms with van der Waals surface area (Å²) >= 11 is 6.03. The molecular formula is C23H23ClN4O2. The SMILES string of the molecule is O=C(Nc1ccc2c(ccn2CCN2CCOCC2)c1)c1cc2ccc(Cl)cc2[nH]1. The maximum absolute atomic E-state index is 12.7. The molecule has 0 unspecified atom stereocenters. The lowest BCUT2D eigenvalue weighted by molar-refractivity contribution is 0.0365. The summed E-state index contributed by atoms with van der Waals surface area (Å²) < 4.78 is 7.68. The minimum atomic E-state index is -0.173. The van der Waals surface area contributed by atoms with Crippen LogP contribution >= 0.6 is 11.6 Å². The highest BCUT2D eigenvalue weighted by Crippen LogP contribution is 2.23. The van der Waals surface area contributed by atoms with Crippen LogP contribution in [0.25, 0.3) is 21.8 Å². The van der Waals surface area contributed by atoms with Crippen molar-refractivity contribution >= 4 is 45.0 Å². The van der Waals surface area contributed by atoms with Crippen molar-refractivity contribution in [3.05, 3.63) is 65.4 Å². The molecule has 3 heterocycles. The monoisotopic (exact) mass is 422 g/mol. The Labute approximate surface area is 179 Å². The van der Waals surface area contributed by atoms with E-state index in [1.54, 1.807) is 0 Å². The van der Waals surface area contributed by atoms with Gasteiger partial charge in [0.15, 0.2) is 0 Å². The van der Waals surface area contributed by atoms with Gasteiger partial charge in [-0.25, -0.2) is 0 Å². The molecule has 0 spiro atoms. The average Bonchev–Trinajstić information content (AvgIpc) is 3.36. The molecule has 0 bridgehead atoms. The van der Waals surface area contributed by atoms with Crippen molar-refractivity contribution in [3.8, 4) is 0 Å². The molecule has 1 aliphatic rings. The van der Waals surface area contributed by atoms with Crippen molar-refractivity contribution in [3.63, 3.8) is 0 Å². The van der Waals surface area contributed by atoms with E-state index in [-0.39, 0.29) is 5.91 Å². The molecule has 0 aliphatic carbocycles. The molecule has 4 aromatic rings. The minimum Gasteiger partial charge on any atom is -0.379 e. The van der Waals surface area contributed by atoms with Gasteiger partial charge < -0.3 is 19.6 Å². The molecule has 2 N–H and O–H groups in total. The van der Waals surface area contributed by atoms with Gasteiger partial charge in [-0.15, -0.1) is 0 Å². The number of rotatable bonds is 5. The number of hydrogen-bond donors (Lipinski definition) is 2. The van der Waals surface area contributed by atoms with Gasteiger partial charge in [-0.2, -0.15) is 0 Å². The summed E-state index contributed by atoms with van der Waals surface area (Å²) in [5.74, 6) is -0.173. The number of amides is 1. The third-order valence-corrected chi connectivity index (χ3v) is 5.85. The average molecular weight is 423 g/mol. The van der Waals surface area contributed by atoms with Crippen LogP contribution in [-0.2, 0) is 11.3 Å². The van der Waals surface area contributed by atoms with Crippen LogP contribution in [0.1, 0.15) is 10.5 Å². The van der Waals surface area contributed by atoms with Crippen LogP contribution in [0.5, 0.6) is 0 Å². The quantitative estimate of drug-likeness (QED) is 0.502. The number of nitrogens with zero attached hydrogens (tertiary/aromatic N) is 2. The van der Waals surface area contributed by atoms with E-state index in [9.17, 15) is 4.79 Å². The predicted octanol–water partition coefficient (Wildman–Crippen LogP) is 4.36. The highest BCUT2D eigenvalue weighted by atomic mass is 35.5. The van der Waals surface area contributed by atoms with Crippen LogP contribution in [0.3, 0.4) is 0 Å². The topological polar surface area (TPSA) is 62.3 Å². The van der Waals surface area contributed by atoms with Crippen molar-refractivity contribution in [2.75, 3.05) is 38.2 Å². The number of fused-ring (bicyclic) bond motifs is 2. The Morgan fingerprint density at radius 2 is 1.90 bits per heavy atom. The third-order valence-electron chi connectivity index (χ3n) is 5.62.